The molecule has 3 aromatic rings. The average Bonchev–Trinajstić information content (AvgIpc) is 1.71. The lowest BCUT2D eigenvalue weighted by molar-refractivity contribution is -0.154. The summed E-state index contributed by atoms with van der Waals surface area (Å²) in [4.78, 5) is 0. The van der Waals surface area contributed by atoms with Crippen LogP contribution in [0.1, 0.15) is 292 Å². The summed E-state index contributed by atoms with van der Waals surface area (Å²) in [7, 11) is 0. The van der Waals surface area contributed by atoms with Crippen LogP contribution in [0, 0.1) is 139 Å². The van der Waals surface area contributed by atoms with Gasteiger partial charge in [0.15, 0.2) is 0 Å². The van der Waals surface area contributed by atoms with Gasteiger partial charge < -0.3 is 30.6 Å². The minimum atomic E-state index is -0.400. The summed E-state index contributed by atoms with van der Waals surface area (Å²) in [6.07, 6.45) is 38.4. The second-order valence-electron chi connectivity index (χ2n) is 39.9. The van der Waals surface area contributed by atoms with E-state index in [0.29, 0.717) is 85.8 Å². The Hall–Kier alpha value is -2.58. The van der Waals surface area contributed by atoms with Crippen LogP contribution < -0.4 is 0 Å². The molecule has 0 aromatic heterocycles. The van der Waals surface area contributed by atoms with Crippen LogP contribution in [-0.2, 0) is 19.3 Å². The molecular formula is C93H144O6. The van der Waals surface area contributed by atoms with Crippen molar-refractivity contribution in [3.05, 3.63) is 108 Å². The van der Waals surface area contributed by atoms with Crippen molar-refractivity contribution in [1.82, 2.24) is 0 Å². The van der Waals surface area contributed by atoms with Crippen molar-refractivity contribution < 1.29 is 30.6 Å². The maximum Gasteiger partial charge on any atom is 0.0648 e. The third kappa shape index (κ3) is 13.7. The number of rotatable bonds is 15. The largest absolute Gasteiger partial charge is 0.392 e. The first-order valence-corrected chi connectivity index (χ1v) is 42.4. The van der Waals surface area contributed by atoms with Gasteiger partial charge in [0.2, 0.25) is 0 Å². The zero-order valence-electron chi connectivity index (χ0n) is 64.8. The van der Waals surface area contributed by atoms with E-state index in [1.54, 1.807) is 0 Å². The van der Waals surface area contributed by atoms with E-state index in [1.165, 1.54) is 152 Å². The summed E-state index contributed by atoms with van der Waals surface area (Å²) in [5.74, 6) is 12.8. The molecule has 12 fully saturated rings. The van der Waals surface area contributed by atoms with Gasteiger partial charge in [-0.3, -0.25) is 0 Å². The summed E-state index contributed by atoms with van der Waals surface area (Å²) in [5.41, 5.74) is 5.05. The molecule has 6 nitrogen and oxygen atoms in total. The fraction of sp³-hybridized carbons (Fsp3) is 0.806. The van der Waals surface area contributed by atoms with Crippen molar-refractivity contribution in [1.29, 1.82) is 0 Å². The Labute approximate surface area is 604 Å². The fourth-order valence-corrected chi connectivity index (χ4v) is 29.6. The maximum absolute atomic E-state index is 11.2. The van der Waals surface area contributed by atoms with Crippen LogP contribution in [0.25, 0.3) is 0 Å². The van der Waals surface area contributed by atoms with Gasteiger partial charge in [-0.05, 0) is 368 Å². The van der Waals surface area contributed by atoms with Crippen LogP contribution in [0.2, 0.25) is 0 Å². The predicted octanol–water partition coefficient (Wildman–Crippen LogP) is 21.1. The molecule has 3 aromatic carbocycles. The molecule has 30 atom stereocenters. The quantitative estimate of drug-likeness (QED) is 0.0902. The second-order valence-corrected chi connectivity index (χ2v) is 39.9. The molecule has 0 saturated heterocycles. The molecule has 12 aliphatic carbocycles. The highest BCUT2D eigenvalue weighted by molar-refractivity contribution is 5.21. The Morgan fingerprint density at radius 1 is 0.303 bits per heavy atom. The van der Waals surface area contributed by atoms with E-state index >= 15 is 0 Å². The molecule has 12 saturated carbocycles. The highest BCUT2D eigenvalue weighted by Gasteiger charge is 2.66. The highest BCUT2D eigenvalue weighted by Crippen LogP contribution is 2.73. The fourth-order valence-electron chi connectivity index (χ4n) is 29.6. The van der Waals surface area contributed by atoms with Crippen molar-refractivity contribution in [2.75, 3.05) is 0 Å². The van der Waals surface area contributed by atoms with Crippen LogP contribution in [0.3, 0.4) is 0 Å². The van der Waals surface area contributed by atoms with Gasteiger partial charge in [0.05, 0.1) is 35.1 Å². The Morgan fingerprint density at radius 3 is 0.788 bits per heavy atom. The van der Waals surface area contributed by atoms with Crippen LogP contribution in [0.15, 0.2) is 91.0 Å². The van der Waals surface area contributed by atoms with Crippen LogP contribution in [-0.4, -0.2) is 65.8 Å². The lowest BCUT2D eigenvalue weighted by Crippen LogP contribution is -2.56. The van der Waals surface area contributed by atoms with Gasteiger partial charge in [-0.2, -0.15) is 0 Å². The Morgan fingerprint density at radius 2 is 0.545 bits per heavy atom. The van der Waals surface area contributed by atoms with Crippen molar-refractivity contribution in [2.45, 2.75) is 330 Å². The zero-order chi connectivity index (χ0) is 70.3. The molecule has 0 radical (unpaired) electrons. The molecule has 6 heteroatoms. The smallest absolute Gasteiger partial charge is 0.0648 e. The van der Waals surface area contributed by atoms with E-state index in [2.05, 4.69) is 174 Å². The minimum absolute atomic E-state index is 0.246. The molecule has 0 bridgehead atoms. The molecule has 0 spiro atoms. The lowest BCUT2D eigenvalue weighted by Gasteiger charge is -2.62. The maximum atomic E-state index is 11.2. The van der Waals surface area contributed by atoms with Gasteiger partial charge >= 0.3 is 0 Å². The first-order valence-electron chi connectivity index (χ1n) is 42.4. The SMILES string of the molecule is CC[C@]1(O)CC[C@@]2(C)[C@@H](CC[C@@H]3[C@@H]2CC[C@]2(C)[C@@H]([C@H](C)C(O)Cc4ccccc4)CC[C@@H]32)C1.CC[C@]1(O)CC[C@@]2(C)[C@@H](CC[C@@H]3[C@@H]2CC[C@]2(C)[C@@H]([C@H](C)[C@@H](O)Cc4ccccc4)CC[C@@H]32)C1.CC[C@]1(O)CC[C@@]2(C)[C@@H](CC[C@@H]3[C@@H]2CC[C@]2(C)[C@@H]([C@H](C)[C@H](O)Cc4ccccc4)CC[C@@H]32)C1. The summed E-state index contributed by atoms with van der Waals surface area (Å²) in [6.45, 7) is 29.1. The van der Waals surface area contributed by atoms with Gasteiger partial charge in [0.1, 0.15) is 0 Å². The van der Waals surface area contributed by atoms with Gasteiger partial charge in [0.25, 0.3) is 0 Å². The average molecular weight is 1360 g/mol. The molecule has 552 valence electrons. The van der Waals surface area contributed by atoms with Crippen molar-refractivity contribution >= 4 is 0 Å². The van der Waals surface area contributed by atoms with Crippen LogP contribution in [0.5, 0.6) is 0 Å². The predicted molar refractivity (Wildman–Crippen MR) is 407 cm³/mol. The normalized spacial score (nSPS) is 46.7. The standard InChI is InChI=1S/3C31H48O2/c3*1-5-31(33)18-17-29(3)23(20-31)11-12-24-26-14-13-25(30(26,4)16-15-27(24)29)21(2)28(32)19-22-9-7-6-8-10-22/h3*6-10,21,23-28,32-33H,5,11-20H2,1-4H3/t21-,23-,24-,25+,26-,27-,28?,29-,30+,31-;21-,23-,24-,25+,26-,27-,28+,29-,30+,31-;21-,23-,24-,25+,26-,27-,28-,29-,30+,31-/m000/s1. The third-order valence-electron chi connectivity index (χ3n) is 36.2. The molecule has 12 aliphatic rings. The van der Waals surface area contributed by atoms with Crippen molar-refractivity contribution in [2.24, 2.45) is 139 Å². The second kappa shape index (κ2) is 28.9. The molecular weight excluding hydrogens is 1210 g/mol. The highest BCUT2D eigenvalue weighted by atomic mass is 16.3. The van der Waals surface area contributed by atoms with Crippen molar-refractivity contribution in [3.63, 3.8) is 0 Å². The van der Waals surface area contributed by atoms with E-state index < -0.39 is 16.8 Å². The van der Waals surface area contributed by atoms with Crippen LogP contribution >= 0.6 is 0 Å². The Balaban J connectivity index is 0.000000133. The molecule has 15 rings (SSSR count). The molecule has 99 heavy (non-hydrogen) atoms. The third-order valence-corrected chi connectivity index (χ3v) is 36.2. The molecule has 0 aliphatic heterocycles. The van der Waals surface area contributed by atoms with E-state index in [0.717, 1.165) is 130 Å². The number of aliphatic hydroxyl groups excluding tert-OH is 3. The monoisotopic (exact) mass is 1360 g/mol. The molecule has 6 N–H and O–H groups in total. The number of fused-ring (bicyclic) bond motifs is 15. The molecule has 1 unspecified atom stereocenters. The number of hydrogen-bond acceptors (Lipinski definition) is 6. The van der Waals surface area contributed by atoms with E-state index in [1.807, 2.05) is 0 Å². The first-order chi connectivity index (χ1) is 47.1. The summed E-state index contributed by atoms with van der Waals surface area (Å²) in [5, 5.41) is 66.8. The summed E-state index contributed by atoms with van der Waals surface area (Å²) in [6, 6.07) is 31.6. The molecule has 0 heterocycles. The van der Waals surface area contributed by atoms with E-state index in [-0.39, 0.29) is 18.3 Å². The van der Waals surface area contributed by atoms with Crippen molar-refractivity contribution in [3.8, 4) is 0 Å². The number of benzene rings is 3. The van der Waals surface area contributed by atoms with Gasteiger partial charge in [-0.1, -0.05) is 174 Å². The summed E-state index contributed by atoms with van der Waals surface area (Å²) >= 11 is 0. The minimum Gasteiger partial charge on any atom is -0.392 e. The Kier molecular flexibility index (Phi) is 21.8. The van der Waals surface area contributed by atoms with Gasteiger partial charge in [-0.15, -0.1) is 0 Å². The first kappa shape index (κ1) is 74.7. The Bertz CT molecular complexity index is 2790. The van der Waals surface area contributed by atoms with Gasteiger partial charge in [0, 0.05) is 0 Å². The number of aliphatic hydroxyl groups is 6. The molecule has 0 amide bonds. The van der Waals surface area contributed by atoms with E-state index in [4.69, 9.17) is 0 Å². The summed E-state index contributed by atoms with van der Waals surface area (Å²) < 4.78 is 0. The van der Waals surface area contributed by atoms with E-state index in [9.17, 15) is 30.6 Å². The van der Waals surface area contributed by atoms with Gasteiger partial charge in [-0.25, -0.2) is 0 Å². The lowest BCUT2D eigenvalue weighted by atomic mass is 9.43. The number of hydrogen-bond donors (Lipinski definition) is 6. The van der Waals surface area contributed by atoms with Crippen LogP contribution in [0.4, 0.5) is 0 Å². The topological polar surface area (TPSA) is 121 Å². The zero-order valence-corrected chi connectivity index (χ0v) is 64.8.